The largest absolute Gasteiger partial charge is 0.454 e. The average molecular weight is 428 g/mol. The molecule has 2 aromatic carbocycles. The Morgan fingerprint density at radius 1 is 1.23 bits per heavy atom. The standard InChI is InChI=1S/C21H18ClN3O5/c1-2-12-5-3-4-6-15(12)23-19(26)10-25-20(27)16(24-21(25)28)7-13-8-17-18(9-14(13)22)30-11-29-17/h3-9H,2,10-11H2,1H3,(H,23,26)(H,24,28)/b16-7+. The molecule has 0 aliphatic carbocycles. The van der Waals surface area contributed by atoms with E-state index in [2.05, 4.69) is 10.6 Å². The van der Waals surface area contributed by atoms with Crippen LogP contribution in [-0.4, -0.2) is 36.1 Å². The van der Waals surface area contributed by atoms with Crippen molar-refractivity contribution in [3.8, 4) is 11.5 Å². The Kier molecular flexibility index (Phi) is 5.33. The second kappa shape index (κ2) is 8.08. The van der Waals surface area contributed by atoms with Gasteiger partial charge in [-0.15, -0.1) is 0 Å². The summed E-state index contributed by atoms with van der Waals surface area (Å²) in [5, 5.41) is 5.56. The first-order valence-corrected chi connectivity index (χ1v) is 9.65. The summed E-state index contributed by atoms with van der Waals surface area (Å²) in [6, 6.07) is 9.88. The van der Waals surface area contributed by atoms with Crippen molar-refractivity contribution >= 4 is 41.2 Å². The lowest BCUT2D eigenvalue weighted by Crippen LogP contribution is -2.38. The monoisotopic (exact) mass is 427 g/mol. The number of urea groups is 1. The molecule has 0 radical (unpaired) electrons. The number of nitrogens with one attached hydrogen (secondary N) is 2. The maximum Gasteiger partial charge on any atom is 0.329 e. The van der Waals surface area contributed by atoms with Crippen molar-refractivity contribution in [1.82, 2.24) is 10.2 Å². The fraction of sp³-hybridized carbons (Fsp3) is 0.190. The molecule has 4 amide bonds. The third-order valence-corrected chi connectivity index (χ3v) is 5.06. The Bertz CT molecular complexity index is 1080. The number of fused-ring (bicyclic) bond motifs is 1. The Morgan fingerprint density at radius 3 is 2.73 bits per heavy atom. The maximum atomic E-state index is 12.7. The van der Waals surface area contributed by atoms with Gasteiger partial charge in [0, 0.05) is 11.8 Å². The van der Waals surface area contributed by atoms with Crippen LogP contribution in [0.4, 0.5) is 10.5 Å². The Labute approximate surface area is 177 Å². The van der Waals surface area contributed by atoms with E-state index in [0.717, 1.165) is 16.9 Å². The summed E-state index contributed by atoms with van der Waals surface area (Å²) in [4.78, 5) is 38.2. The van der Waals surface area contributed by atoms with Crippen LogP contribution in [0.25, 0.3) is 6.08 Å². The number of ether oxygens (including phenoxy) is 2. The number of carbonyl (C=O) groups excluding carboxylic acids is 3. The predicted molar refractivity (Wildman–Crippen MR) is 110 cm³/mol. The minimum absolute atomic E-state index is 0.0162. The van der Waals surface area contributed by atoms with Crippen LogP contribution in [0.3, 0.4) is 0 Å². The van der Waals surface area contributed by atoms with Crippen molar-refractivity contribution in [1.29, 1.82) is 0 Å². The van der Waals surface area contributed by atoms with E-state index in [-0.39, 0.29) is 12.5 Å². The molecule has 0 aromatic heterocycles. The first-order valence-electron chi connectivity index (χ1n) is 9.27. The maximum absolute atomic E-state index is 12.7. The zero-order chi connectivity index (χ0) is 21.3. The van der Waals surface area contributed by atoms with E-state index >= 15 is 0 Å². The number of imide groups is 1. The highest BCUT2D eigenvalue weighted by Crippen LogP contribution is 2.37. The second-order valence-corrected chi connectivity index (χ2v) is 7.07. The fourth-order valence-electron chi connectivity index (χ4n) is 3.20. The zero-order valence-corrected chi connectivity index (χ0v) is 16.8. The predicted octanol–water partition coefficient (Wildman–Crippen LogP) is 3.16. The first-order chi connectivity index (χ1) is 14.5. The second-order valence-electron chi connectivity index (χ2n) is 6.67. The molecule has 0 bridgehead atoms. The summed E-state index contributed by atoms with van der Waals surface area (Å²) >= 11 is 6.23. The first kappa shape index (κ1) is 19.8. The number of hydrogen-bond acceptors (Lipinski definition) is 5. The lowest BCUT2D eigenvalue weighted by Gasteiger charge is -2.13. The highest BCUT2D eigenvalue weighted by molar-refractivity contribution is 6.32. The number of aryl methyl sites for hydroxylation is 1. The average Bonchev–Trinajstić information content (AvgIpc) is 3.28. The molecule has 154 valence electrons. The highest BCUT2D eigenvalue weighted by Gasteiger charge is 2.35. The summed E-state index contributed by atoms with van der Waals surface area (Å²) in [5.41, 5.74) is 2.11. The molecule has 1 saturated heterocycles. The molecular formula is C21H18ClN3O5. The SMILES string of the molecule is CCc1ccccc1NC(=O)CN1C(=O)N/C(=C/c2cc3c(cc2Cl)OCO3)C1=O. The van der Waals surface area contributed by atoms with Gasteiger partial charge in [-0.3, -0.25) is 9.59 Å². The van der Waals surface area contributed by atoms with Gasteiger partial charge in [-0.05, 0) is 35.8 Å². The summed E-state index contributed by atoms with van der Waals surface area (Å²) in [7, 11) is 0. The molecular weight excluding hydrogens is 410 g/mol. The molecule has 2 aliphatic heterocycles. The normalized spacial score (nSPS) is 16.2. The Hall–Kier alpha value is -3.52. The van der Waals surface area contributed by atoms with Crippen LogP contribution in [0.1, 0.15) is 18.1 Å². The van der Waals surface area contributed by atoms with Gasteiger partial charge in [0.2, 0.25) is 12.7 Å². The minimum atomic E-state index is -0.679. The zero-order valence-electron chi connectivity index (χ0n) is 16.0. The highest BCUT2D eigenvalue weighted by atomic mass is 35.5. The molecule has 2 N–H and O–H groups in total. The van der Waals surface area contributed by atoms with Gasteiger partial charge >= 0.3 is 6.03 Å². The van der Waals surface area contributed by atoms with Crippen LogP contribution >= 0.6 is 11.6 Å². The summed E-state index contributed by atoms with van der Waals surface area (Å²) in [5.74, 6) is -0.0853. The Morgan fingerprint density at radius 2 is 1.97 bits per heavy atom. The molecule has 1 fully saturated rings. The molecule has 2 aliphatic rings. The molecule has 8 nitrogen and oxygen atoms in total. The number of para-hydroxylation sites is 1. The number of amides is 4. The van der Waals surface area contributed by atoms with Gasteiger partial charge in [0.15, 0.2) is 11.5 Å². The number of halogens is 1. The number of anilines is 1. The van der Waals surface area contributed by atoms with Gasteiger partial charge in [0.05, 0.1) is 5.02 Å². The van der Waals surface area contributed by atoms with Crippen molar-refractivity contribution in [2.45, 2.75) is 13.3 Å². The van der Waals surface area contributed by atoms with Crippen LogP contribution in [0.5, 0.6) is 11.5 Å². The van der Waals surface area contributed by atoms with Gasteiger partial charge < -0.3 is 20.1 Å². The van der Waals surface area contributed by atoms with Crippen LogP contribution in [0, 0.1) is 0 Å². The quantitative estimate of drug-likeness (QED) is 0.564. The van der Waals surface area contributed by atoms with E-state index in [4.69, 9.17) is 21.1 Å². The molecule has 0 saturated carbocycles. The summed E-state index contributed by atoms with van der Waals surface area (Å²) < 4.78 is 10.6. The van der Waals surface area contributed by atoms with E-state index in [0.29, 0.717) is 27.8 Å². The van der Waals surface area contributed by atoms with E-state index in [1.807, 2.05) is 19.1 Å². The molecule has 0 spiro atoms. The lowest BCUT2D eigenvalue weighted by molar-refractivity contribution is -0.127. The van der Waals surface area contributed by atoms with E-state index in [1.54, 1.807) is 24.3 Å². The summed E-state index contributed by atoms with van der Waals surface area (Å²) in [6.45, 7) is 1.65. The number of carbonyl (C=O) groups is 3. The molecule has 2 aromatic rings. The van der Waals surface area contributed by atoms with E-state index in [9.17, 15) is 14.4 Å². The van der Waals surface area contributed by atoms with Gasteiger partial charge in [-0.1, -0.05) is 36.7 Å². The molecule has 9 heteroatoms. The minimum Gasteiger partial charge on any atom is -0.454 e. The van der Waals surface area contributed by atoms with Crippen LogP contribution in [-0.2, 0) is 16.0 Å². The van der Waals surface area contributed by atoms with E-state index < -0.39 is 24.4 Å². The van der Waals surface area contributed by atoms with Gasteiger partial charge in [0.1, 0.15) is 12.2 Å². The number of nitrogens with zero attached hydrogens (tertiary/aromatic N) is 1. The van der Waals surface area contributed by atoms with Crippen molar-refractivity contribution in [3.05, 3.63) is 58.2 Å². The molecule has 4 rings (SSSR count). The van der Waals surface area contributed by atoms with Gasteiger partial charge in [-0.25, -0.2) is 9.69 Å². The lowest BCUT2D eigenvalue weighted by atomic mass is 10.1. The third-order valence-electron chi connectivity index (χ3n) is 4.73. The molecule has 2 heterocycles. The van der Waals surface area contributed by atoms with Gasteiger partial charge in [0.25, 0.3) is 5.91 Å². The van der Waals surface area contributed by atoms with Crippen molar-refractivity contribution in [3.63, 3.8) is 0 Å². The van der Waals surface area contributed by atoms with E-state index in [1.165, 1.54) is 6.08 Å². The Balaban J connectivity index is 1.49. The fourth-order valence-corrected chi connectivity index (χ4v) is 3.41. The molecule has 0 unspecified atom stereocenters. The van der Waals surface area contributed by atoms with Gasteiger partial charge in [-0.2, -0.15) is 0 Å². The third kappa shape index (κ3) is 3.81. The van der Waals surface area contributed by atoms with Crippen molar-refractivity contribution in [2.75, 3.05) is 18.7 Å². The number of benzene rings is 2. The number of hydrogen-bond donors (Lipinski definition) is 2. The number of rotatable bonds is 5. The van der Waals surface area contributed by atoms with Crippen molar-refractivity contribution in [2.24, 2.45) is 0 Å². The summed E-state index contributed by atoms with van der Waals surface area (Å²) in [6.07, 6.45) is 2.18. The topological polar surface area (TPSA) is 97.0 Å². The molecule has 0 atom stereocenters. The van der Waals surface area contributed by atoms with Crippen molar-refractivity contribution < 1.29 is 23.9 Å². The smallest absolute Gasteiger partial charge is 0.329 e. The van der Waals surface area contributed by atoms with Crippen LogP contribution < -0.4 is 20.1 Å². The van der Waals surface area contributed by atoms with Crippen LogP contribution in [0.2, 0.25) is 5.02 Å². The van der Waals surface area contributed by atoms with Crippen LogP contribution in [0.15, 0.2) is 42.1 Å². The molecule has 30 heavy (non-hydrogen) atoms.